The lowest BCUT2D eigenvalue weighted by atomic mass is 10.1. The molecule has 5 heteroatoms. The molecule has 1 saturated carbocycles. The van der Waals surface area contributed by atoms with Gasteiger partial charge in [-0.1, -0.05) is 0 Å². The molecular formula is C11H22ClN3O. The summed E-state index contributed by atoms with van der Waals surface area (Å²) >= 11 is 0. The number of piperidine rings is 1. The quantitative estimate of drug-likeness (QED) is 0.754. The summed E-state index contributed by atoms with van der Waals surface area (Å²) in [6, 6.07) is 0.343. The van der Waals surface area contributed by atoms with E-state index in [9.17, 15) is 4.79 Å². The zero-order valence-corrected chi connectivity index (χ0v) is 10.5. The Bertz CT molecular complexity index is 225. The highest BCUT2D eigenvalue weighted by atomic mass is 35.5. The third-order valence-corrected chi connectivity index (χ3v) is 3.28. The Balaban J connectivity index is 0.00000128. The first-order chi connectivity index (χ1) is 7.24. The molecule has 0 bridgehead atoms. The lowest BCUT2D eigenvalue weighted by Crippen LogP contribution is -2.44. The van der Waals surface area contributed by atoms with Gasteiger partial charge in [0.05, 0.1) is 6.54 Å². The number of nitrogens with one attached hydrogen (secondary N) is 1. The van der Waals surface area contributed by atoms with E-state index in [1.807, 2.05) is 0 Å². The summed E-state index contributed by atoms with van der Waals surface area (Å²) in [4.78, 5) is 13.7. The van der Waals surface area contributed by atoms with Crippen LogP contribution in [0.15, 0.2) is 0 Å². The van der Waals surface area contributed by atoms with Crippen LogP contribution in [0.3, 0.4) is 0 Å². The molecule has 0 spiro atoms. The Hall–Kier alpha value is -0.320. The molecule has 1 saturated heterocycles. The van der Waals surface area contributed by atoms with Gasteiger partial charge in [-0.2, -0.15) is 0 Å². The van der Waals surface area contributed by atoms with E-state index in [1.165, 1.54) is 12.8 Å². The van der Waals surface area contributed by atoms with Gasteiger partial charge >= 0.3 is 0 Å². The lowest BCUT2D eigenvalue weighted by molar-refractivity contribution is -0.122. The van der Waals surface area contributed by atoms with E-state index < -0.39 is 0 Å². The standard InChI is InChI=1S/C11H21N3O.ClH/c12-10-3-5-14(6-4-10)8-11(15)13-7-9-1-2-9;/h9-10H,1-8,12H2,(H,13,15);1H. The van der Waals surface area contributed by atoms with Crippen molar-refractivity contribution in [3.63, 3.8) is 0 Å². The molecule has 1 aliphatic carbocycles. The summed E-state index contributed by atoms with van der Waals surface area (Å²) < 4.78 is 0. The summed E-state index contributed by atoms with van der Waals surface area (Å²) in [6.45, 7) is 3.38. The van der Waals surface area contributed by atoms with Crippen molar-refractivity contribution >= 4 is 18.3 Å². The molecule has 0 aromatic heterocycles. The minimum Gasteiger partial charge on any atom is -0.355 e. The Kier molecular flexibility index (Phi) is 5.52. The molecule has 1 amide bonds. The first kappa shape index (κ1) is 13.7. The van der Waals surface area contributed by atoms with Crippen LogP contribution in [0.1, 0.15) is 25.7 Å². The van der Waals surface area contributed by atoms with Gasteiger partial charge in [0.1, 0.15) is 0 Å². The first-order valence-electron chi connectivity index (χ1n) is 5.98. The van der Waals surface area contributed by atoms with Crippen molar-refractivity contribution in [2.75, 3.05) is 26.2 Å². The Morgan fingerprint density at radius 1 is 1.25 bits per heavy atom. The van der Waals surface area contributed by atoms with Gasteiger partial charge in [0.25, 0.3) is 0 Å². The van der Waals surface area contributed by atoms with Crippen molar-refractivity contribution in [2.45, 2.75) is 31.7 Å². The average Bonchev–Trinajstić information content (AvgIpc) is 3.02. The number of likely N-dealkylation sites (tertiary alicyclic amines) is 1. The van der Waals surface area contributed by atoms with Crippen LogP contribution in [0.25, 0.3) is 0 Å². The number of nitrogens with zero attached hydrogens (tertiary/aromatic N) is 1. The molecule has 0 radical (unpaired) electrons. The number of hydrogen-bond donors (Lipinski definition) is 2. The van der Waals surface area contributed by atoms with Gasteiger partial charge in [0.15, 0.2) is 0 Å². The minimum absolute atomic E-state index is 0. The molecule has 0 unspecified atom stereocenters. The van der Waals surface area contributed by atoms with Crippen LogP contribution < -0.4 is 11.1 Å². The van der Waals surface area contributed by atoms with E-state index in [2.05, 4.69) is 10.2 Å². The highest BCUT2D eigenvalue weighted by Gasteiger charge is 2.22. The Labute approximate surface area is 103 Å². The molecule has 1 aliphatic heterocycles. The third-order valence-electron chi connectivity index (χ3n) is 3.28. The average molecular weight is 248 g/mol. The fourth-order valence-corrected chi connectivity index (χ4v) is 1.95. The van der Waals surface area contributed by atoms with Crippen LogP contribution in [0.4, 0.5) is 0 Å². The molecule has 0 aromatic rings. The number of amides is 1. The molecule has 94 valence electrons. The number of nitrogens with two attached hydrogens (primary N) is 1. The summed E-state index contributed by atoms with van der Waals surface area (Å²) in [6.07, 6.45) is 4.63. The lowest BCUT2D eigenvalue weighted by Gasteiger charge is -2.29. The molecule has 4 nitrogen and oxygen atoms in total. The van der Waals surface area contributed by atoms with Gasteiger partial charge in [-0.3, -0.25) is 9.69 Å². The number of carbonyl (C=O) groups excluding carboxylic acids is 1. The van der Waals surface area contributed by atoms with Gasteiger partial charge < -0.3 is 11.1 Å². The van der Waals surface area contributed by atoms with Gasteiger partial charge in [-0.05, 0) is 31.6 Å². The Morgan fingerprint density at radius 2 is 1.88 bits per heavy atom. The van der Waals surface area contributed by atoms with E-state index in [4.69, 9.17) is 5.73 Å². The van der Waals surface area contributed by atoms with Crippen molar-refractivity contribution in [1.82, 2.24) is 10.2 Å². The van der Waals surface area contributed by atoms with E-state index in [0.29, 0.717) is 12.6 Å². The smallest absolute Gasteiger partial charge is 0.234 e. The maximum Gasteiger partial charge on any atom is 0.234 e. The van der Waals surface area contributed by atoms with Crippen molar-refractivity contribution in [2.24, 2.45) is 11.7 Å². The molecule has 0 atom stereocenters. The molecule has 16 heavy (non-hydrogen) atoms. The third kappa shape index (κ3) is 4.68. The number of hydrogen-bond acceptors (Lipinski definition) is 3. The van der Waals surface area contributed by atoms with E-state index >= 15 is 0 Å². The van der Waals surface area contributed by atoms with Gasteiger partial charge in [0.2, 0.25) is 5.91 Å². The fraction of sp³-hybridized carbons (Fsp3) is 0.909. The second-order valence-corrected chi connectivity index (χ2v) is 4.86. The van der Waals surface area contributed by atoms with Crippen LogP contribution in [-0.4, -0.2) is 43.0 Å². The summed E-state index contributed by atoms with van der Waals surface area (Å²) in [5.74, 6) is 0.945. The summed E-state index contributed by atoms with van der Waals surface area (Å²) in [5, 5.41) is 2.99. The van der Waals surface area contributed by atoms with Gasteiger partial charge in [0, 0.05) is 25.7 Å². The highest BCUT2D eigenvalue weighted by Crippen LogP contribution is 2.27. The van der Waals surface area contributed by atoms with E-state index in [-0.39, 0.29) is 18.3 Å². The van der Waals surface area contributed by atoms with Crippen LogP contribution in [0, 0.1) is 5.92 Å². The molecule has 2 fully saturated rings. The van der Waals surface area contributed by atoms with Crippen LogP contribution in [0.2, 0.25) is 0 Å². The number of carbonyl (C=O) groups is 1. The second-order valence-electron chi connectivity index (χ2n) is 4.86. The van der Waals surface area contributed by atoms with Crippen LogP contribution >= 0.6 is 12.4 Å². The number of halogens is 1. The second kappa shape index (κ2) is 6.42. The SMILES string of the molecule is Cl.NC1CCN(CC(=O)NCC2CC2)CC1. The van der Waals surface area contributed by atoms with Crippen molar-refractivity contribution < 1.29 is 4.79 Å². The van der Waals surface area contributed by atoms with Crippen molar-refractivity contribution in [3.05, 3.63) is 0 Å². The molecular weight excluding hydrogens is 226 g/mol. The summed E-state index contributed by atoms with van der Waals surface area (Å²) in [7, 11) is 0. The van der Waals surface area contributed by atoms with E-state index in [1.54, 1.807) is 0 Å². The predicted octanol–water partition coefficient (Wildman–Crippen LogP) is 0.357. The topological polar surface area (TPSA) is 58.4 Å². The molecule has 3 N–H and O–H groups in total. The molecule has 2 aliphatic rings. The highest BCUT2D eigenvalue weighted by molar-refractivity contribution is 5.85. The first-order valence-corrected chi connectivity index (χ1v) is 5.98. The van der Waals surface area contributed by atoms with Crippen molar-refractivity contribution in [3.8, 4) is 0 Å². The van der Waals surface area contributed by atoms with E-state index in [0.717, 1.165) is 38.4 Å². The predicted molar refractivity (Wildman–Crippen MR) is 66.6 cm³/mol. The van der Waals surface area contributed by atoms with Crippen molar-refractivity contribution in [1.29, 1.82) is 0 Å². The maximum atomic E-state index is 11.5. The van der Waals surface area contributed by atoms with Gasteiger partial charge in [-0.25, -0.2) is 0 Å². The monoisotopic (exact) mass is 247 g/mol. The maximum absolute atomic E-state index is 11.5. The fourth-order valence-electron chi connectivity index (χ4n) is 1.95. The summed E-state index contributed by atoms with van der Waals surface area (Å²) in [5.41, 5.74) is 5.81. The number of rotatable bonds is 4. The van der Waals surface area contributed by atoms with Gasteiger partial charge in [-0.15, -0.1) is 12.4 Å². The zero-order valence-electron chi connectivity index (χ0n) is 9.65. The van der Waals surface area contributed by atoms with Crippen LogP contribution in [0.5, 0.6) is 0 Å². The largest absolute Gasteiger partial charge is 0.355 e. The van der Waals surface area contributed by atoms with Crippen LogP contribution in [-0.2, 0) is 4.79 Å². The normalized spacial score (nSPS) is 22.6. The minimum atomic E-state index is 0. The molecule has 1 heterocycles. The molecule has 2 rings (SSSR count). The molecule has 0 aromatic carbocycles. The zero-order chi connectivity index (χ0) is 10.7. The Morgan fingerprint density at radius 3 is 2.44 bits per heavy atom.